The van der Waals surface area contributed by atoms with E-state index in [4.69, 9.17) is 9.29 Å². The fourth-order valence-corrected chi connectivity index (χ4v) is 4.05. The highest BCUT2D eigenvalue weighted by Crippen LogP contribution is 2.44. The molecule has 5 nitrogen and oxygen atoms in total. The lowest BCUT2D eigenvalue weighted by molar-refractivity contribution is -0.128. The summed E-state index contributed by atoms with van der Waals surface area (Å²) in [6.45, 7) is 5.37. The average Bonchev–Trinajstić information content (AvgIpc) is 3.01. The van der Waals surface area contributed by atoms with Crippen LogP contribution in [0, 0.1) is 0 Å². The lowest BCUT2D eigenvalue weighted by Gasteiger charge is -2.25. The number of carbonyl (C=O) groups excluding carboxylic acids is 2. The summed E-state index contributed by atoms with van der Waals surface area (Å²) in [7, 11) is 0. The molecule has 0 fully saturated rings. The van der Waals surface area contributed by atoms with Crippen molar-refractivity contribution in [2.24, 2.45) is 0 Å². The maximum absolute atomic E-state index is 13.4. The molecule has 1 N–H and O–H groups in total. The Balaban J connectivity index is 2.10. The van der Waals surface area contributed by atoms with Crippen LogP contribution in [0.5, 0.6) is 0 Å². The van der Waals surface area contributed by atoms with Gasteiger partial charge in [-0.3, -0.25) is 9.59 Å². The number of hydrogen-bond acceptors (Lipinski definition) is 4. The molecular weight excluding hydrogens is 388 g/mol. The molecule has 1 aliphatic rings. The van der Waals surface area contributed by atoms with Gasteiger partial charge in [-0.05, 0) is 30.9 Å². The molecule has 0 saturated carbocycles. The molecule has 29 heavy (non-hydrogen) atoms. The second-order valence-electron chi connectivity index (χ2n) is 7.13. The first kappa shape index (κ1) is 21.1. The molecular formula is C23H24O5S. The molecule has 1 heterocycles. The predicted molar refractivity (Wildman–Crippen MR) is 114 cm³/mol. The third-order valence-electron chi connectivity index (χ3n) is 5.39. The van der Waals surface area contributed by atoms with Crippen molar-refractivity contribution in [1.29, 1.82) is 0 Å². The first-order chi connectivity index (χ1) is 13.8. The summed E-state index contributed by atoms with van der Waals surface area (Å²) in [5.41, 5.74) is 2.35. The number of hydrogen-bond donors (Lipinski definition) is 1. The Morgan fingerprint density at radius 1 is 1.00 bits per heavy atom. The van der Waals surface area contributed by atoms with E-state index in [1.807, 2.05) is 13.8 Å². The second-order valence-corrected chi connectivity index (χ2v) is 8.06. The Morgan fingerprint density at radius 2 is 1.55 bits per heavy atom. The van der Waals surface area contributed by atoms with Crippen LogP contribution in [0.1, 0.15) is 60.7 Å². The van der Waals surface area contributed by atoms with Crippen molar-refractivity contribution in [3.8, 4) is 0 Å². The van der Waals surface area contributed by atoms with Gasteiger partial charge in [-0.2, -0.15) is 0 Å². The van der Waals surface area contributed by atoms with E-state index in [-0.39, 0.29) is 17.3 Å². The summed E-state index contributed by atoms with van der Waals surface area (Å²) in [4.78, 5) is 25.0. The van der Waals surface area contributed by atoms with Crippen LogP contribution in [0.4, 0.5) is 0 Å². The van der Waals surface area contributed by atoms with Crippen molar-refractivity contribution < 1.29 is 23.1 Å². The Kier molecular flexibility index (Phi) is 6.15. The van der Waals surface area contributed by atoms with Crippen LogP contribution in [-0.4, -0.2) is 25.9 Å². The van der Waals surface area contributed by atoms with Crippen LogP contribution in [0.2, 0.25) is 0 Å². The summed E-state index contributed by atoms with van der Waals surface area (Å²) < 4.78 is 26.4. The van der Waals surface area contributed by atoms with E-state index in [0.29, 0.717) is 35.3 Å². The molecule has 0 amide bonds. The molecule has 1 unspecified atom stereocenters. The number of ketones is 2. The first-order valence-electron chi connectivity index (χ1n) is 9.57. The maximum Gasteiger partial charge on any atom is 0.210 e. The minimum absolute atomic E-state index is 0.0342. The minimum Gasteiger partial charge on any atom is -0.478 e. The van der Waals surface area contributed by atoms with Gasteiger partial charge in [0.2, 0.25) is 5.78 Å². The van der Waals surface area contributed by atoms with E-state index in [2.05, 4.69) is 0 Å². The van der Waals surface area contributed by atoms with Gasteiger partial charge in [0, 0.05) is 11.1 Å². The normalized spacial score (nSPS) is 16.6. The Bertz CT molecular complexity index is 983. The Labute approximate surface area is 173 Å². The molecule has 152 valence electrons. The predicted octanol–water partition coefficient (Wildman–Crippen LogP) is 4.64. The van der Waals surface area contributed by atoms with Crippen LogP contribution < -0.4 is 0 Å². The van der Waals surface area contributed by atoms with Crippen LogP contribution in [0.25, 0.3) is 11.3 Å². The van der Waals surface area contributed by atoms with Gasteiger partial charge in [0.15, 0.2) is 22.5 Å². The molecule has 6 heteroatoms. The van der Waals surface area contributed by atoms with Gasteiger partial charge in [-0.25, -0.2) is 4.21 Å². The van der Waals surface area contributed by atoms with E-state index in [1.165, 1.54) is 6.92 Å². The third kappa shape index (κ3) is 4.09. The van der Waals surface area contributed by atoms with Gasteiger partial charge in [0.25, 0.3) is 0 Å². The molecule has 2 aromatic carbocycles. The largest absolute Gasteiger partial charge is 0.478 e. The van der Waals surface area contributed by atoms with Gasteiger partial charge >= 0.3 is 0 Å². The van der Waals surface area contributed by atoms with Gasteiger partial charge < -0.3 is 9.29 Å². The molecule has 0 aliphatic carbocycles. The van der Waals surface area contributed by atoms with E-state index >= 15 is 0 Å². The van der Waals surface area contributed by atoms with Gasteiger partial charge in [0.05, 0.1) is 11.3 Å². The summed E-state index contributed by atoms with van der Waals surface area (Å²) in [5, 5.41) is 0. The van der Waals surface area contributed by atoms with Crippen LogP contribution in [-0.2, 0) is 26.4 Å². The highest BCUT2D eigenvalue weighted by molar-refractivity contribution is 7.78. The lowest BCUT2D eigenvalue weighted by atomic mass is 9.86. The third-order valence-corrected chi connectivity index (χ3v) is 5.97. The monoisotopic (exact) mass is 412 g/mol. The minimum atomic E-state index is -1.91. The Hall–Kier alpha value is -2.57. The number of ether oxygens (including phenoxy) is 1. The molecule has 0 saturated heterocycles. The Morgan fingerprint density at radius 3 is 2.03 bits per heavy atom. The first-order valence-corrected chi connectivity index (χ1v) is 10.8. The zero-order valence-corrected chi connectivity index (χ0v) is 17.5. The van der Waals surface area contributed by atoms with E-state index in [0.717, 1.165) is 11.1 Å². The number of benzene rings is 2. The quantitative estimate of drug-likeness (QED) is 0.529. The molecule has 0 bridgehead atoms. The fraction of sp³-hybridized carbons (Fsp3) is 0.304. The molecule has 1 atom stereocenters. The zero-order chi connectivity index (χ0) is 21.2. The number of Topliss-reactive ketones (excluding diaryl/α,β-unsaturated/α-hetero) is 2. The van der Waals surface area contributed by atoms with Crippen molar-refractivity contribution in [3.63, 3.8) is 0 Å². The van der Waals surface area contributed by atoms with Gasteiger partial charge in [-0.15, -0.1) is 0 Å². The summed E-state index contributed by atoms with van der Waals surface area (Å²) >= 11 is -1.91. The smallest absolute Gasteiger partial charge is 0.210 e. The highest BCUT2D eigenvalue weighted by Gasteiger charge is 2.47. The van der Waals surface area contributed by atoms with Crippen molar-refractivity contribution in [2.45, 2.75) is 45.0 Å². The van der Waals surface area contributed by atoms with Gasteiger partial charge in [0.1, 0.15) is 5.76 Å². The molecule has 0 radical (unpaired) electrons. The highest BCUT2D eigenvalue weighted by atomic mass is 32.2. The van der Waals surface area contributed by atoms with Gasteiger partial charge in [-0.1, -0.05) is 62.4 Å². The number of carbonyl (C=O) groups is 2. The summed E-state index contributed by atoms with van der Waals surface area (Å²) in [5.74, 6) is 0.458. The van der Waals surface area contributed by atoms with Crippen LogP contribution in [0.15, 0.2) is 48.5 Å². The molecule has 0 aromatic heterocycles. The van der Waals surface area contributed by atoms with E-state index in [1.54, 1.807) is 48.5 Å². The fourth-order valence-electron chi connectivity index (χ4n) is 3.57. The second kappa shape index (κ2) is 8.43. The topological polar surface area (TPSA) is 80.7 Å². The molecule has 3 rings (SSSR count). The van der Waals surface area contributed by atoms with Crippen molar-refractivity contribution >= 4 is 34.0 Å². The van der Waals surface area contributed by atoms with E-state index in [9.17, 15) is 13.8 Å². The maximum atomic E-state index is 13.4. The van der Waals surface area contributed by atoms with Crippen LogP contribution in [0.3, 0.4) is 0 Å². The van der Waals surface area contributed by atoms with E-state index < -0.39 is 16.7 Å². The lowest BCUT2D eigenvalue weighted by Crippen LogP contribution is -2.35. The molecule has 2 aromatic rings. The van der Waals surface area contributed by atoms with Crippen molar-refractivity contribution in [1.82, 2.24) is 0 Å². The van der Waals surface area contributed by atoms with Crippen molar-refractivity contribution in [2.75, 3.05) is 0 Å². The summed E-state index contributed by atoms with van der Waals surface area (Å²) in [6, 6.07) is 14.1. The molecule has 0 spiro atoms. The van der Waals surface area contributed by atoms with Crippen molar-refractivity contribution in [3.05, 3.63) is 70.8 Å². The standard InChI is InChI=1S/C23H24O5S/c1-4-23(5-2)22(25)20(18-12-10-17(11-13-18)15(3)24)21(28-23)19-8-6-16(7-9-19)14-29(26)27/h6-13H,4-5,14H2,1-3H3,(H,26,27). The molecule has 1 aliphatic heterocycles. The zero-order valence-electron chi connectivity index (χ0n) is 16.7. The number of rotatable bonds is 7. The SMILES string of the molecule is CCC1(CC)OC(c2ccc(CS(=O)O)cc2)=C(c2ccc(C(C)=O)cc2)C1=O. The summed E-state index contributed by atoms with van der Waals surface area (Å²) in [6.07, 6.45) is 1.09. The average molecular weight is 413 g/mol. The van der Waals surface area contributed by atoms with Crippen LogP contribution >= 0.6 is 0 Å².